The van der Waals surface area contributed by atoms with E-state index < -0.39 is 0 Å². The van der Waals surface area contributed by atoms with Crippen LogP contribution in [0.3, 0.4) is 0 Å². The number of benzene rings is 1. The summed E-state index contributed by atoms with van der Waals surface area (Å²) in [4.78, 5) is 19.0. The summed E-state index contributed by atoms with van der Waals surface area (Å²) in [5.41, 5.74) is 2.05. The van der Waals surface area contributed by atoms with E-state index in [2.05, 4.69) is 16.4 Å². The number of amides is 2. The number of carbonyl (C=O) groups excluding carboxylic acids is 1. The van der Waals surface area contributed by atoms with Crippen molar-refractivity contribution >= 4 is 17.4 Å². The van der Waals surface area contributed by atoms with Crippen molar-refractivity contribution in [3.05, 3.63) is 45.9 Å². The summed E-state index contributed by atoms with van der Waals surface area (Å²) < 4.78 is 5.32. The summed E-state index contributed by atoms with van der Waals surface area (Å²) in [6, 6.07) is 8.10. The average Bonchev–Trinajstić information content (AvgIpc) is 3.05. The molecule has 1 N–H and O–H groups in total. The Morgan fingerprint density at radius 1 is 1.46 bits per heavy atom. The molecule has 1 aliphatic rings. The smallest absolute Gasteiger partial charge is 0.318 e. The van der Waals surface area contributed by atoms with Crippen LogP contribution >= 0.6 is 11.3 Å². The first-order chi connectivity index (χ1) is 11.7. The SMILES string of the molecule is COc1cccc(C2CCCCN2C(=O)NCc2csc(C)n2)c1. The van der Waals surface area contributed by atoms with Crippen LogP contribution in [0.25, 0.3) is 0 Å². The van der Waals surface area contributed by atoms with E-state index in [0.717, 1.165) is 47.8 Å². The van der Waals surface area contributed by atoms with Gasteiger partial charge < -0.3 is 15.0 Å². The van der Waals surface area contributed by atoms with Crippen molar-refractivity contribution in [1.29, 1.82) is 0 Å². The zero-order valence-electron chi connectivity index (χ0n) is 14.1. The average molecular weight is 345 g/mol. The van der Waals surface area contributed by atoms with E-state index in [9.17, 15) is 4.79 Å². The van der Waals surface area contributed by atoms with Crippen LogP contribution in [-0.2, 0) is 6.54 Å². The molecule has 0 spiro atoms. The summed E-state index contributed by atoms with van der Waals surface area (Å²) in [5.74, 6) is 0.830. The van der Waals surface area contributed by atoms with Crippen LogP contribution in [0.5, 0.6) is 5.75 Å². The zero-order valence-corrected chi connectivity index (χ0v) is 14.9. The van der Waals surface area contributed by atoms with Crippen LogP contribution in [0, 0.1) is 6.92 Å². The van der Waals surface area contributed by atoms with E-state index in [4.69, 9.17) is 4.74 Å². The topological polar surface area (TPSA) is 54.5 Å². The quantitative estimate of drug-likeness (QED) is 0.914. The Kier molecular flexibility index (Phi) is 5.35. The van der Waals surface area contributed by atoms with Gasteiger partial charge in [0.1, 0.15) is 5.75 Å². The second-order valence-electron chi connectivity index (χ2n) is 6.00. The number of ether oxygens (including phenoxy) is 1. The summed E-state index contributed by atoms with van der Waals surface area (Å²) in [7, 11) is 1.67. The van der Waals surface area contributed by atoms with Gasteiger partial charge in [-0.3, -0.25) is 0 Å². The number of nitrogens with one attached hydrogen (secondary N) is 1. The molecule has 1 aliphatic heterocycles. The lowest BCUT2D eigenvalue weighted by Crippen LogP contribution is -2.44. The van der Waals surface area contributed by atoms with Gasteiger partial charge >= 0.3 is 6.03 Å². The van der Waals surface area contributed by atoms with Gasteiger partial charge in [-0.15, -0.1) is 11.3 Å². The molecule has 6 heteroatoms. The third-order valence-electron chi connectivity index (χ3n) is 4.33. The molecule has 128 valence electrons. The Labute approximate surface area is 146 Å². The molecule has 1 atom stereocenters. The highest BCUT2D eigenvalue weighted by atomic mass is 32.1. The molecule has 5 nitrogen and oxygen atoms in total. The van der Waals surface area contributed by atoms with Crippen molar-refractivity contribution in [2.75, 3.05) is 13.7 Å². The lowest BCUT2D eigenvalue weighted by molar-refractivity contribution is 0.151. The fourth-order valence-electron chi connectivity index (χ4n) is 3.13. The molecule has 1 unspecified atom stereocenters. The predicted molar refractivity (Wildman–Crippen MR) is 95.4 cm³/mol. The first-order valence-electron chi connectivity index (χ1n) is 8.27. The van der Waals surface area contributed by atoms with Crippen LogP contribution in [0.4, 0.5) is 4.79 Å². The van der Waals surface area contributed by atoms with Crippen LogP contribution < -0.4 is 10.1 Å². The first kappa shape index (κ1) is 16.8. The van der Waals surface area contributed by atoms with Gasteiger partial charge in [-0.05, 0) is 43.9 Å². The largest absolute Gasteiger partial charge is 0.497 e. The predicted octanol–water partition coefficient (Wildman–Crippen LogP) is 3.90. The van der Waals surface area contributed by atoms with Crippen molar-refractivity contribution < 1.29 is 9.53 Å². The molecule has 0 saturated carbocycles. The lowest BCUT2D eigenvalue weighted by Gasteiger charge is -2.36. The molecule has 0 aliphatic carbocycles. The van der Waals surface area contributed by atoms with Gasteiger partial charge in [-0.2, -0.15) is 0 Å². The Morgan fingerprint density at radius 2 is 2.33 bits per heavy atom. The Morgan fingerprint density at radius 3 is 3.08 bits per heavy atom. The molecule has 1 fully saturated rings. The molecule has 2 amide bonds. The number of methoxy groups -OCH3 is 1. The highest BCUT2D eigenvalue weighted by Gasteiger charge is 2.28. The van der Waals surface area contributed by atoms with Crippen LogP contribution in [0.2, 0.25) is 0 Å². The van der Waals surface area contributed by atoms with Crippen molar-refractivity contribution in [2.24, 2.45) is 0 Å². The number of aromatic nitrogens is 1. The maximum Gasteiger partial charge on any atom is 0.318 e. The maximum atomic E-state index is 12.7. The number of hydrogen-bond acceptors (Lipinski definition) is 4. The molecule has 2 aromatic rings. The number of hydrogen-bond donors (Lipinski definition) is 1. The van der Waals surface area contributed by atoms with E-state index in [0.29, 0.717) is 6.54 Å². The summed E-state index contributed by atoms with van der Waals surface area (Å²) in [6.07, 6.45) is 3.16. The second-order valence-corrected chi connectivity index (χ2v) is 7.06. The minimum Gasteiger partial charge on any atom is -0.497 e. The lowest BCUT2D eigenvalue weighted by atomic mass is 9.95. The molecule has 1 aromatic heterocycles. The van der Waals surface area contributed by atoms with E-state index in [1.807, 2.05) is 35.4 Å². The van der Waals surface area contributed by atoms with Gasteiger partial charge in [0.25, 0.3) is 0 Å². The Hall–Kier alpha value is -2.08. The summed E-state index contributed by atoms with van der Waals surface area (Å²) >= 11 is 1.60. The minimum atomic E-state index is -0.0202. The van der Waals surface area contributed by atoms with E-state index in [1.54, 1.807) is 18.4 Å². The molecular weight excluding hydrogens is 322 g/mol. The summed E-state index contributed by atoms with van der Waals surface area (Å²) in [5, 5.41) is 6.02. The molecule has 1 aromatic carbocycles. The standard InChI is InChI=1S/C18H23N3O2S/c1-13-20-15(12-24-13)11-19-18(22)21-9-4-3-8-17(21)14-6-5-7-16(10-14)23-2/h5-7,10,12,17H,3-4,8-9,11H2,1-2H3,(H,19,22). The third-order valence-corrected chi connectivity index (χ3v) is 5.15. The number of piperidine rings is 1. The normalized spacial score (nSPS) is 17.6. The highest BCUT2D eigenvalue weighted by Crippen LogP contribution is 2.32. The molecule has 1 saturated heterocycles. The zero-order chi connectivity index (χ0) is 16.9. The van der Waals surface area contributed by atoms with E-state index >= 15 is 0 Å². The van der Waals surface area contributed by atoms with Crippen molar-refractivity contribution in [3.8, 4) is 5.75 Å². The number of urea groups is 1. The molecule has 2 heterocycles. The fraction of sp³-hybridized carbons (Fsp3) is 0.444. The monoisotopic (exact) mass is 345 g/mol. The summed E-state index contributed by atoms with van der Waals surface area (Å²) in [6.45, 7) is 3.23. The van der Waals surface area contributed by atoms with E-state index in [1.165, 1.54) is 0 Å². The van der Waals surface area contributed by atoms with Gasteiger partial charge in [0.05, 0.1) is 30.4 Å². The van der Waals surface area contributed by atoms with Crippen molar-refractivity contribution in [3.63, 3.8) is 0 Å². The number of likely N-dealkylation sites (tertiary alicyclic amines) is 1. The van der Waals surface area contributed by atoms with Crippen molar-refractivity contribution in [1.82, 2.24) is 15.2 Å². The second kappa shape index (κ2) is 7.66. The third kappa shape index (κ3) is 3.87. The van der Waals surface area contributed by atoms with Gasteiger partial charge in [0, 0.05) is 11.9 Å². The fourth-order valence-corrected chi connectivity index (χ4v) is 3.74. The molecule has 24 heavy (non-hydrogen) atoms. The Balaban J connectivity index is 1.70. The van der Waals surface area contributed by atoms with Crippen LogP contribution in [0.1, 0.15) is 41.6 Å². The van der Waals surface area contributed by atoms with Crippen LogP contribution in [0.15, 0.2) is 29.6 Å². The Bertz CT molecular complexity index is 701. The number of aryl methyl sites for hydroxylation is 1. The molecule has 3 rings (SSSR count). The van der Waals surface area contributed by atoms with Gasteiger partial charge in [0.2, 0.25) is 0 Å². The first-order valence-corrected chi connectivity index (χ1v) is 9.15. The van der Waals surface area contributed by atoms with Crippen molar-refractivity contribution in [2.45, 2.75) is 38.8 Å². The van der Waals surface area contributed by atoms with E-state index in [-0.39, 0.29) is 12.1 Å². The minimum absolute atomic E-state index is 0.0202. The van der Waals surface area contributed by atoms with Gasteiger partial charge in [-0.1, -0.05) is 12.1 Å². The number of carbonyl (C=O) groups is 1. The number of nitrogens with zero attached hydrogens (tertiary/aromatic N) is 2. The maximum absolute atomic E-state index is 12.7. The number of thiazole rings is 1. The molecule has 0 bridgehead atoms. The molecule has 0 radical (unpaired) electrons. The van der Waals surface area contributed by atoms with Gasteiger partial charge in [0.15, 0.2) is 0 Å². The van der Waals surface area contributed by atoms with Crippen LogP contribution in [-0.4, -0.2) is 29.6 Å². The van der Waals surface area contributed by atoms with Gasteiger partial charge in [-0.25, -0.2) is 9.78 Å². The highest BCUT2D eigenvalue weighted by molar-refractivity contribution is 7.09. The number of rotatable bonds is 4. The molecular formula is C18H23N3O2S.